The van der Waals surface area contributed by atoms with Crippen molar-refractivity contribution in [3.63, 3.8) is 0 Å². The van der Waals surface area contributed by atoms with Crippen molar-refractivity contribution in [3.05, 3.63) is 27.7 Å². The number of rotatable bonds is 6. The fraction of sp³-hybridized carbons (Fsp3) is 0.667. The Kier molecular flexibility index (Phi) is 4.65. The van der Waals surface area contributed by atoms with E-state index in [1.165, 1.54) is 12.0 Å². The molecule has 6 heteroatoms. The third-order valence-corrected chi connectivity index (χ3v) is 5.26. The lowest BCUT2D eigenvalue weighted by Crippen LogP contribution is -2.35. The second kappa shape index (κ2) is 6.66. The van der Waals surface area contributed by atoms with Gasteiger partial charge < -0.3 is 0 Å². The van der Waals surface area contributed by atoms with Gasteiger partial charge in [-0.05, 0) is 46.7 Å². The van der Waals surface area contributed by atoms with Gasteiger partial charge in [0.1, 0.15) is 0 Å². The van der Waals surface area contributed by atoms with E-state index < -0.39 is 0 Å². The van der Waals surface area contributed by atoms with Gasteiger partial charge in [0.05, 0.1) is 6.54 Å². The van der Waals surface area contributed by atoms with Gasteiger partial charge in [0, 0.05) is 24.0 Å². The number of aryl methyl sites for hydroxylation is 1. The quantitative estimate of drug-likeness (QED) is 0.823. The Morgan fingerprint density at radius 3 is 3.10 bits per heavy atom. The monoisotopic (exact) mass is 305 g/mol. The van der Waals surface area contributed by atoms with E-state index in [-0.39, 0.29) is 0 Å². The zero-order chi connectivity index (χ0) is 14.7. The molecule has 2 aromatic heterocycles. The largest absolute Gasteiger partial charge is 0.288 e. The molecule has 0 spiro atoms. The second-order valence-electron chi connectivity index (χ2n) is 5.62. The van der Waals surface area contributed by atoms with Gasteiger partial charge in [-0.2, -0.15) is 0 Å². The van der Waals surface area contributed by atoms with Crippen molar-refractivity contribution < 1.29 is 0 Å². The lowest BCUT2D eigenvalue weighted by Gasteiger charge is -2.34. The number of fused-ring (bicyclic) bond motifs is 1. The minimum absolute atomic E-state index is 0.510. The van der Waals surface area contributed by atoms with Crippen molar-refractivity contribution in [2.75, 3.05) is 6.54 Å². The number of nitrogens with zero attached hydrogens (tertiary/aromatic N) is 5. The van der Waals surface area contributed by atoms with Gasteiger partial charge in [-0.25, -0.2) is 4.68 Å². The van der Waals surface area contributed by atoms with Crippen LogP contribution in [0.15, 0.2) is 11.4 Å². The molecular weight excluding hydrogens is 282 g/mol. The van der Waals surface area contributed by atoms with Crippen LogP contribution in [0.1, 0.15) is 55.4 Å². The van der Waals surface area contributed by atoms with Crippen LogP contribution in [0.25, 0.3) is 0 Å². The van der Waals surface area contributed by atoms with E-state index in [9.17, 15) is 0 Å². The molecule has 21 heavy (non-hydrogen) atoms. The third kappa shape index (κ3) is 3.01. The summed E-state index contributed by atoms with van der Waals surface area (Å²) in [5.74, 6) is 1.00. The van der Waals surface area contributed by atoms with Crippen LogP contribution in [0.2, 0.25) is 0 Å². The molecule has 1 atom stereocenters. The smallest absolute Gasteiger partial charge is 0.165 e. The van der Waals surface area contributed by atoms with Crippen LogP contribution in [-0.4, -0.2) is 31.7 Å². The first-order chi connectivity index (χ1) is 10.3. The Bertz CT molecular complexity index is 576. The predicted molar refractivity (Wildman–Crippen MR) is 84.2 cm³/mol. The maximum Gasteiger partial charge on any atom is 0.165 e. The van der Waals surface area contributed by atoms with E-state index in [1.54, 1.807) is 4.88 Å². The fourth-order valence-corrected chi connectivity index (χ4v) is 4.04. The van der Waals surface area contributed by atoms with E-state index in [2.05, 4.69) is 45.7 Å². The predicted octanol–water partition coefficient (Wildman–Crippen LogP) is 3.04. The molecule has 3 heterocycles. The summed E-state index contributed by atoms with van der Waals surface area (Å²) in [6.45, 7) is 7.34. The van der Waals surface area contributed by atoms with Crippen molar-refractivity contribution in [2.24, 2.45) is 0 Å². The molecule has 5 nitrogen and oxygen atoms in total. The highest BCUT2D eigenvalue weighted by Gasteiger charge is 2.28. The van der Waals surface area contributed by atoms with Crippen molar-refractivity contribution in [1.29, 1.82) is 0 Å². The van der Waals surface area contributed by atoms with E-state index in [4.69, 9.17) is 0 Å². The molecule has 0 aliphatic carbocycles. The van der Waals surface area contributed by atoms with Crippen LogP contribution in [0.5, 0.6) is 0 Å². The topological polar surface area (TPSA) is 46.8 Å². The molecule has 0 saturated carbocycles. The molecule has 114 valence electrons. The van der Waals surface area contributed by atoms with E-state index >= 15 is 0 Å². The highest BCUT2D eigenvalue weighted by Crippen LogP contribution is 2.35. The van der Waals surface area contributed by atoms with Crippen LogP contribution in [-0.2, 0) is 19.5 Å². The molecule has 0 radical (unpaired) electrons. The van der Waals surface area contributed by atoms with Gasteiger partial charge in [0.2, 0.25) is 0 Å². The third-order valence-electron chi connectivity index (χ3n) is 4.27. The summed E-state index contributed by atoms with van der Waals surface area (Å²) in [5, 5.41) is 14.5. The number of aromatic nitrogens is 4. The van der Waals surface area contributed by atoms with Crippen LogP contribution in [0.3, 0.4) is 0 Å². The lowest BCUT2D eigenvalue weighted by atomic mass is 9.98. The number of tetrazole rings is 1. The minimum atomic E-state index is 0.510. The number of unbranched alkanes of at least 4 members (excludes halogenated alkanes) is 1. The van der Waals surface area contributed by atoms with Crippen LogP contribution >= 0.6 is 11.3 Å². The highest BCUT2D eigenvalue weighted by molar-refractivity contribution is 7.10. The Morgan fingerprint density at radius 2 is 2.29 bits per heavy atom. The Labute approximate surface area is 130 Å². The van der Waals surface area contributed by atoms with Crippen LogP contribution in [0, 0.1) is 0 Å². The molecule has 0 bridgehead atoms. The molecule has 2 aromatic rings. The van der Waals surface area contributed by atoms with E-state index in [0.29, 0.717) is 6.04 Å². The summed E-state index contributed by atoms with van der Waals surface area (Å²) in [7, 11) is 0. The van der Waals surface area contributed by atoms with E-state index in [1.807, 2.05) is 16.0 Å². The molecule has 1 aliphatic rings. The van der Waals surface area contributed by atoms with Gasteiger partial charge in [-0.1, -0.05) is 20.3 Å². The van der Waals surface area contributed by atoms with Crippen molar-refractivity contribution in [2.45, 2.75) is 58.7 Å². The molecule has 3 rings (SSSR count). The second-order valence-corrected chi connectivity index (χ2v) is 6.62. The first kappa shape index (κ1) is 14.7. The summed E-state index contributed by atoms with van der Waals surface area (Å²) >= 11 is 1.90. The number of thiophene rings is 1. The zero-order valence-electron chi connectivity index (χ0n) is 12.8. The Morgan fingerprint density at radius 1 is 1.38 bits per heavy atom. The first-order valence-electron chi connectivity index (χ1n) is 7.88. The molecule has 1 aliphatic heterocycles. The van der Waals surface area contributed by atoms with Crippen LogP contribution in [0.4, 0.5) is 0 Å². The van der Waals surface area contributed by atoms with Gasteiger partial charge >= 0.3 is 0 Å². The molecule has 0 N–H and O–H groups in total. The van der Waals surface area contributed by atoms with Gasteiger partial charge in [-0.3, -0.25) is 4.90 Å². The maximum absolute atomic E-state index is 4.24. The molecule has 0 fully saturated rings. The first-order valence-corrected chi connectivity index (χ1v) is 8.76. The maximum atomic E-state index is 4.24. The van der Waals surface area contributed by atoms with Crippen molar-refractivity contribution in [3.8, 4) is 0 Å². The van der Waals surface area contributed by atoms with Crippen molar-refractivity contribution >= 4 is 11.3 Å². The molecule has 0 aromatic carbocycles. The van der Waals surface area contributed by atoms with E-state index in [0.717, 1.165) is 44.7 Å². The average Bonchev–Trinajstić information content (AvgIpc) is 3.14. The summed E-state index contributed by atoms with van der Waals surface area (Å²) in [4.78, 5) is 4.09. The zero-order valence-corrected chi connectivity index (χ0v) is 13.6. The summed E-state index contributed by atoms with van der Waals surface area (Å²) < 4.78 is 1.97. The molecular formula is C15H23N5S. The lowest BCUT2D eigenvalue weighted by molar-refractivity contribution is 0.165. The van der Waals surface area contributed by atoms with Gasteiger partial charge in [0.15, 0.2) is 5.82 Å². The summed E-state index contributed by atoms with van der Waals surface area (Å²) in [6, 6.07) is 2.80. The number of hydrogen-bond acceptors (Lipinski definition) is 5. The Hall–Kier alpha value is -1.27. The van der Waals surface area contributed by atoms with Gasteiger partial charge in [-0.15, -0.1) is 16.4 Å². The SMILES string of the molecule is CCCCn1nnnc1CN1CCc2sccc2C1CC. The minimum Gasteiger partial charge on any atom is -0.288 e. The molecule has 0 amide bonds. The Balaban J connectivity index is 1.74. The summed E-state index contributed by atoms with van der Waals surface area (Å²) in [5.41, 5.74) is 1.52. The molecule has 0 saturated heterocycles. The number of hydrogen-bond donors (Lipinski definition) is 0. The van der Waals surface area contributed by atoms with Gasteiger partial charge in [0.25, 0.3) is 0 Å². The normalized spacial score (nSPS) is 18.9. The highest BCUT2D eigenvalue weighted by atomic mass is 32.1. The van der Waals surface area contributed by atoms with Crippen LogP contribution < -0.4 is 0 Å². The standard InChI is InChI=1S/C15H23N5S/c1-3-5-8-20-15(16-17-18-20)11-19-9-6-14-12(7-10-21-14)13(19)4-2/h7,10,13H,3-6,8-9,11H2,1-2H3. The average molecular weight is 305 g/mol. The molecule has 1 unspecified atom stereocenters. The summed E-state index contributed by atoms with van der Waals surface area (Å²) in [6.07, 6.45) is 4.59. The fourth-order valence-electron chi connectivity index (χ4n) is 3.12. The van der Waals surface area contributed by atoms with Crippen molar-refractivity contribution in [1.82, 2.24) is 25.1 Å².